The molecule has 12 heteroatoms. The van der Waals surface area contributed by atoms with Crippen LogP contribution in [0.4, 0.5) is 22.7 Å². The molecule has 0 spiro atoms. The van der Waals surface area contributed by atoms with Crippen molar-refractivity contribution in [2.45, 2.75) is 38.8 Å². The van der Waals surface area contributed by atoms with E-state index in [0.29, 0.717) is 34.4 Å². The predicted molar refractivity (Wildman–Crippen MR) is 146 cm³/mol. The van der Waals surface area contributed by atoms with E-state index in [2.05, 4.69) is 20.2 Å². The molecule has 0 fully saturated rings. The number of amidine groups is 2. The second-order valence-electron chi connectivity index (χ2n) is 7.50. The van der Waals surface area contributed by atoms with Crippen molar-refractivity contribution in [1.82, 2.24) is 0 Å². The van der Waals surface area contributed by atoms with Gasteiger partial charge in [0.25, 0.3) is 0 Å². The van der Waals surface area contributed by atoms with Crippen molar-refractivity contribution in [1.29, 1.82) is 0 Å². The van der Waals surface area contributed by atoms with Gasteiger partial charge in [0, 0.05) is 11.4 Å². The fourth-order valence-electron chi connectivity index (χ4n) is 2.00. The van der Waals surface area contributed by atoms with Crippen LogP contribution in [-0.4, -0.2) is 22.7 Å². The average Bonchev–Trinajstić information content (AvgIpc) is 2.64. The van der Waals surface area contributed by atoms with Gasteiger partial charge in [0.05, 0.1) is 11.4 Å². The molecule has 180 valence electrons. The van der Waals surface area contributed by atoms with Crippen molar-refractivity contribution >= 4 is 84.0 Å². The van der Waals surface area contributed by atoms with Crippen LogP contribution in [0.3, 0.4) is 0 Å². The first-order valence-corrected chi connectivity index (χ1v) is 8.84. The van der Waals surface area contributed by atoms with E-state index in [1.807, 2.05) is 27.7 Å². The number of nitrogens with zero attached hydrogens (tertiary/aromatic N) is 4. The van der Waals surface area contributed by atoms with Crippen molar-refractivity contribution in [2.24, 2.45) is 31.7 Å². The summed E-state index contributed by atoms with van der Waals surface area (Å²) in [5.41, 5.74) is 24.8. The Morgan fingerprint density at radius 1 is 0.562 bits per heavy atom. The zero-order valence-electron chi connectivity index (χ0n) is 18.4. The summed E-state index contributed by atoms with van der Waals surface area (Å²) in [6.45, 7) is 7.32. The summed E-state index contributed by atoms with van der Waals surface area (Å²) in [6, 6.07) is 14.2. The third-order valence-electron chi connectivity index (χ3n) is 4.09. The highest BCUT2D eigenvalue weighted by atomic mass is 35.5. The van der Waals surface area contributed by atoms with E-state index < -0.39 is 11.1 Å². The number of benzene rings is 2. The highest BCUT2D eigenvalue weighted by Crippen LogP contribution is 2.22. The van der Waals surface area contributed by atoms with Crippen molar-refractivity contribution < 1.29 is 0 Å². The van der Waals surface area contributed by atoms with Gasteiger partial charge in [0.1, 0.15) is 22.7 Å². The first kappa shape index (κ1) is 34.4. The van der Waals surface area contributed by atoms with Gasteiger partial charge in [-0.3, -0.25) is 0 Å². The molecule has 2 rings (SSSR count). The molecule has 0 unspecified atom stereocenters. The molecule has 8 nitrogen and oxygen atoms in total. The van der Waals surface area contributed by atoms with Gasteiger partial charge in [-0.1, -0.05) is 0 Å². The normalized spacial score (nSPS) is 12.1. The van der Waals surface area contributed by atoms with Crippen LogP contribution < -0.4 is 22.9 Å². The van der Waals surface area contributed by atoms with E-state index in [4.69, 9.17) is 22.9 Å². The van der Waals surface area contributed by atoms with Crippen molar-refractivity contribution in [3.05, 3.63) is 48.5 Å². The third kappa shape index (κ3) is 9.91. The summed E-state index contributed by atoms with van der Waals surface area (Å²) in [4.78, 5) is 8.81. The van der Waals surface area contributed by atoms with Gasteiger partial charge in [-0.15, -0.1) is 49.6 Å². The molecule has 0 amide bonds. The van der Waals surface area contributed by atoms with Crippen LogP contribution in [0.2, 0.25) is 0 Å². The zero-order valence-corrected chi connectivity index (χ0v) is 21.6. The molecule has 0 aliphatic rings. The van der Waals surface area contributed by atoms with Crippen LogP contribution in [0.1, 0.15) is 27.7 Å². The number of nitrogen functional groups attached to an aromatic ring is 2. The fraction of sp³-hybridized carbons (Fsp3) is 0.300. The lowest BCUT2D eigenvalue weighted by molar-refractivity contribution is 0.560. The summed E-state index contributed by atoms with van der Waals surface area (Å²) in [5.74, 6) is 0.650. The second kappa shape index (κ2) is 14.0. The van der Waals surface area contributed by atoms with E-state index >= 15 is 0 Å². The van der Waals surface area contributed by atoms with E-state index in [1.54, 1.807) is 48.5 Å². The minimum Gasteiger partial charge on any atom is -0.399 e. The van der Waals surface area contributed by atoms with Crippen molar-refractivity contribution in [2.75, 3.05) is 11.5 Å². The zero-order chi connectivity index (χ0) is 20.9. The molecule has 2 aromatic carbocycles. The Labute approximate surface area is 214 Å². The molecule has 0 atom stereocenters. The number of halogens is 4. The SMILES string of the molecule is CC(C)(/N=N/C(C)(C)/C(N)=N/c1ccc(N)cc1)/C(N)=N/c1ccc(N)cc1.Cl.Cl.Cl.Cl. The first-order chi connectivity index (χ1) is 13.0. The Bertz CT molecular complexity index is 833. The van der Waals surface area contributed by atoms with Gasteiger partial charge in [0.2, 0.25) is 0 Å². The predicted octanol–water partition coefficient (Wildman–Crippen LogP) is 5.23. The molecule has 0 aliphatic heterocycles. The minimum atomic E-state index is -0.819. The lowest BCUT2D eigenvalue weighted by atomic mass is 10.0. The summed E-state index contributed by atoms with van der Waals surface area (Å²) in [6.07, 6.45) is 0. The molecule has 0 radical (unpaired) electrons. The maximum absolute atomic E-state index is 6.16. The lowest BCUT2D eigenvalue weighted by Crippen LogP contribution is -2.39. The maximum atomic E-state index is 6.16. The maximum Gasteiger partial charge on any atom is 0.133 e. The van der Waals surface area contributed by atoms with Crippen molar-refractivity contribution in [3.63, 3.8) is 0 Å². The van der Waals surface area contributed by atoms with E-state index in [9.17, 15) is 0 Å². The first-order valence-electron chi connectivity index (χ1n) is 8.84. The Morgan fingerprint density at radius 3 is 1.06 bits per heavy atom. The second-order valence-corrected chi connectivity index (χ2v) is 7.50. The molecule has 0 aliphatic carbocycles. The summed E-state index contributed by atoms with van der Waals surface area (Å²) in [7, 11) is 0. The number of rotatable bonds is 6. The number of hydrogen-bond donors (Lipinski definition) is 4. The number of azo groups is 1. The fourth-order valence-corrected chi connectivity index (χ4v) is 2.00. The summed E-state index contributed by atoms with van der Waals surface area (Å²) in [5, 5.41) is 8.76. The molecule has 0 aromatic heterocycles. The van der Waals surface area contributed by atoms with Gasteiger partial charge in [-0.25, -0.2) is 9.98 Å². The number of hydrogen-bond acceptors (Lipinski definition) is 6. The summed E-state index contributed by atoms with van der Waals surface area (Å²) >= 11 is 0. The van der Waals surface area contributed by atoms with Gasteiger partial charge in [-0.2, -0.15) is 10.2 Å². The van der Waals surface area contributed by atoms with E-state index in [-0.39, 0.29) is 49.6 Å². The van der Waals surface area contributed by atoms with Gasteiger partial charge >= 0.3 is 0 Å². The van der Waals surface area contributed by atoms with Gasteiger partial charge < -0.3 is 22.9 Å². The number of anilines is 2. The van der Waals surface area contributed by atoms with E-state index in [1.165, 1.54) is 0 Å². The Hall–Kier alpha value is -2.26. The molecule has 8 N–H and O–H groups in total. The van der Waals surface area contributed by atoms with Crippen LogP contribution in [0.15, 0.2) is 68.7 Å². The third-order valence-corrected chi connectivity index (χ3v) is 4.09. The van der Waals surface area contributed by atoms with E-state index in [0.717, 1.165) is 0 Å². The molecule has 0 saturated carbocycles. The lowest BCUT2D eigenvalue weighted by Gasteiger charge is -2.22. The number of aliphatic imine (C=N–C) groups is 2. The Balaban J connectivity index is -0.00000210. The number of nitrogens with two attached hydrogens (primary N) is 4. The quantitative estimate of drug-likeness (QED) is 0.176. The minimum absolute atomic E-state index is 0. The van der Waals surface area contributed by atoms with Crippen LogP contribution in [0.5, 0.6) is 0 Å². The molecular formula is C20H32Cl4N8. The molecule has 2 aromatic rings. The highest BCUT2D eigenvalue weighted by Gasteiger charge is 2.27. The molecule has 0 heterocycles. The molecular weight excluding hydrogens is 494 g/mol. The van der Waals surface area contributed by atoms with Crippen molar-refractivity contribution in [3.8, 4) is 0 Å². The summed E-state index contributed by atoms with van der Waals surface area (Å²) < 4.78 is 0. The smallest absolute Gasteiger partial charge is 0.133 e. The monoisotopic (exact) mass is 524 g/mol. The molecule has 32 heavy (non-hydrogen) atoms. The van der Waals surface area contributed by atoms with Crippen LogP contribution in [-0.2, 0) is 0 Å². The van der Waals surface area contributed by atoms with Gasteiger partial charge in [-0.05, 0) is 76.2 Å². The van der Waals surface area contributed by atoms with Crippen LogP contribution in [0.25, 0.3) is 0 Å². The van der Waals surface area contributed by atoms with Crippen LogP contribution >= 0.6 is 49.6 Å². The Morgan fingerprint density at radius 2 is 0.812 bits per heavy atom. The average molecular weight is 526 g/mol. The Kier molecular flexibility index (Phi) is 15.0. The molecule has 0 saturated heterocycles. The standard InChI is InChI=1S/C20H28N8.4ClH/c1-19(2,17(23)25-15-9-5-13(21)6-10-15)27-28-20(3,4)18(24)26-16-11-7-14(22)8-12-16;;;;/h5-12H,21-22H2,1-4H3,(H2,23,25)(H2,24,26);4*1H/b28-27+;;;;. The topological polar surface area (TPSA) is 154 Å². The largest absolute Gasteiger partial charge is 0.399 e. The van der Waals surface area contributed by atoms with Crippen LogP contribution in [0, 0.1) is 0 Å². The van der Waals surface area contributed by atoms with Gasteiger partial charge in [0.15, 0.2) is 0 Å². The molecule has 0 bridgehead atoms. The highest BCUT2D eigenvalue weighted by molar-refractivity contribution is 5.92.